The minimum Gasteiger partial charge on any atom is -0.265 e. The summed E-state index contributed by atoms with van der Waals surface area (Å²) in [4.78, 5) is 18.3. The zero-order valence-corrected chi connectivity index (χ0v) is 9.28. The predicted octanol–water partition coefficient (Wildman–Crippen LogP) is 2.70. The maximum Gasteiger partial charge on any atom is 0.235 e. The SMILES string of the molecule is O=C=NC(Cc1ccncc1)c1ccccc1. The van der Waals surface area contributed by atoms with Gasteiger partial charge in [0.25, 0.3) is 0 Å². The van der Waals surface area contributed by atoms with Crippen LogP contribution in [-0.2, 0) is 11.2 Å². The number of hydrogen-bond acceptors (Lipinski definition) is 3. The summed E-state index contributed by atoms with van der Waals surface area (Å²) in [7, 11) is 0. The van der Waals surface area contributed by atoms with Crippen molar-refractivity contribution in [2.24, 2.45) is 4.99 Å². The van der Waals surface area contributed by atoms with E-state index >= 15 is 0 Å². The molecule has 0 saturated carbocycles. The van der Waals surface area contributed by atoms with Crippen molar-refractivity contribution in [2.75, 3.05) is 0 Å². The van der Waals surface area contributed by atoms with Crippen molar-refractivity contribution in [2.45, 2.75) is 12.5 Å². The Morgan fingerprint density at radius 2 is 1.82 bits per heavy atom. The highest BCUT2D eigenvalue weighted by molar-refractivity contribution is 5.36. The third-order valence-electron chi connectivity index (χ3n) is 2.57. The van der Waals surface area contributed by atoms with Crippen LogP contribution >= 0.6 is 0 Å². The zero-order chi connectivity index (χ0) is 11.9. The summed E-state index contributed by atoms with van der Waals surface area (Å²) in [5.41, 5.74) is 2.13. The predicted molar refractivity (Wildman–Crippen MR) is 65.2 cm³/mol. The van der Waals surface area contributed by atoms with Crippen molar-refractivity contribution in [1.29, 1.82) is 0 Å². The van der Waals surface area contributed by atoms with Gasteiger partial charge in [-0.1, -0.05) is 30.3 Å². The molecule has 1 aromatic carbocycles. The summed E-state index contributed by atoms with van der Waals surface area (Å²) in [6.07, 6.45) is 5.80. The Morgan fingerprint density at radius 1 is 1.12 bits per heavy atom. The lowest BCUT2D eigenvalue weighted by molar-refractivity contribution is 0.557. The van der Waals surface area contributed by atoms with Gasteiger partial charge >= 0.3 is 0 Å². The van der Waals surface area contributed by atoms with Crippen LogP contribution in [0.4, 0.5) is 0 Å². The first-order valence-electron chi connectivity index (χ1n) is 5.41. The van der Waals surface area contributed by atoms with Gasteiger partial charge in [0.2, 0.25) is 6.08 Å². The molecule has 1 unspecified atom stereocenters. The molecular weight excluding hydrogens is 212 g/mol. The lowest BCUT2D eigenvalue weighted by Crippen LogP contribution is -2.00. The quantitative estimate of drug-likeness (QED) is 0.592. The second-order valence-electron chi connectivity index (χ2n) is 3.71. The van der Waals surface area contributed by atoms with Crippen LogP contribution < -0.4 is 0 Å². The van der Waals surface area contributed by atoms with E-state index in [0.29, 0.717) is 6.42 Å². The zero-order valence-electron chi connectivity index (χ0n) is 9.28. The molecule has 0 aliphatic carbocycles. The van der Waals surface area contributed by atoms with Crippen molar-refractivity contribution in [3.8, 4) is 0 Å². The number of pyridine rings is 1. The molecule has 0 bridgehead atoms. The molecule has 0 fully saturated rings. The van der Waals surface area contributed by atoms with Crippen molar-refractivity contribution in [3.05, 3.63) is 66.0 Å². The molecule has 1 atom stereocenters. The van der Waals surface area contributed by atoms with Crippen LogP contribution in [0.3, 0.4) is 0 Å². The minimum atomic E-state index is -0.170. The van der Waals surface area contributed by atoms with Crippen molar-refractivity contribution in [3.63, 3.8) is 0 Å². The van der Waals surface area contributed by atoms with Gasteiger partial charge < -0.3 is 0 Å². The van der Waals surface area contributed by atoms with Gasteiger partial charge in [-0.05, 0) is 29.7 Å². The van der Waals surface area contributed by atoms with E-state index in [4.69, 9.17) is 0 Å². The van der Waals surface area contributed by atoms with E-state index in [1.807, 2.05) is 42.5 Å². The number of aliphatic imine (C=N–C) groups is 1. The first kappa shape index (κ1) is 11.2. The highest BCUT2D eigenvalue weighted by atomic mass is 16.1. The molecule has 1 aromatic heterocycles. The minimum absolute atomic E-state index is 0.170. The Bertz CT molecular complexity index is 504. The van der Waals surface area contributed by atoms with Crippen molar-refractivity contribution >= 4 is 6.08 Å². The smallest absolute Gasteiger partial charge is 0.235 e. The van der Waals surface area contributed by atoms with Crippen molar-refractivity contribution in [1.82, 2.24) is 4.98 Å². The van der Waals surface area contributed by atoms with Gasteiger partial charge in [0.05, 0.1) is 6.04 Å². The van der Waals surface area contributed by atoms with Crippen LogP contribution in [0.1, 0.15) is 17.2 Å². The Hall–Kier alpha value is -2.25. The molecule has 0 radical (unpaired) electrons. The second kappa shape index (κ2) is 5.73. The molecule has 3 nitrogen and oxygen atoms in total. The molecular formula is C14H12N2O. The Morgan fingerprint density at radius 3 is 2.47 bits per heavy atom. The van der Waals surface area contributed by atoms with Crippen LogP contribution in [0, 0.1) is 0 Å². The number of benzene rings is 1. The average molecular weight is 224 g/mol. The van der Waals surface area contributed by atoms with Gasteiger partial charge in [-0.15, -0.1) is 0 Å². The fourth-order valence-electron chi connectivity index (χ4n) is 1.72. The Balaban J connectivity index is 2.22. The summed E-state index contributed by atoms with van der Waals surface area (Å²) >= 11 is 0. The van der Waals surface area contributed by atoms with E-state index in [1.54, 1.807) is 18.5 Å². The van der Waals surface area contributed by atoms with Gasteiger partial charge in [-0.3, -0.25) is 4.98 Å². The maximum absolute atomic E-state index is 10.5. The van der Waals surface area contributed by atoms with Gasteiger partial charge in [0.15, 0.2) is 0 Å². The number of carbonyl (C=O) groups excluding carboxylic acids is 1. The number of aromatic nitrogens is 1. The molecule has 17 heavy (non-hydrogen) atoms. The number of hydrogen-bond donors (Lipinski definition) is 0. The monoisotopic (exact) mass is 224 g/mol. The largest absolute Gasteiger partial charge is 0.265 e. The van der Waals surface area contributed by atoms with Gasteiger partial charge in [0.1, 0.15) is 0 Å². The molecule has 0 spiro atoms. The molecule has 1 heterocycles. The topological polar surface area (TPSA) is 42.3 Å². The van der Waals surface area contributed by atoms with Gasteiger partial charge in [0, 0.05) is 12.4 Å². The second-order valence-corrected chi connectivity index (χ2v) is 3.71. The highest BCUT2D eigenvalue weighted by Crippen LogP contribution is 2.21. The number of nitrogens with zero attached hydrogens (tertiary/aromatic N) is 2. The summed E-state index contributed by atoms with van der Waals surface area (Å²) in [5, 5.41) is 0. The van der Waals surface area contributed by atoms with Crippen molar-refractivity contribution < 1.29 is 4.79 Å². The van der Waals surface area contributed by atoms with Crippen LogP contribution in [0.15, 0.2) is 59.9 Å². The maximum atomic E-state index is 10.5. The van der Waals surface area contributed by atoms with Crippen LogP contribution in [0.5, 0.6) is 0 Å². The summed E-state index contributed by atoms with van der Waals surface area (Å²) < 4.78 is 0. The molecule has 84 valence electrons. The molecule has 0 amide bonds. The van der Waals surface area contributed by atoms with E-state index < -0.39 is 0 Å². The summed E-state index contributed by atoms with van der Waals surface area (Å²) in [6.45, 7) is 0. The molecule has 0 aliphatic heterocycles. The van der Waals surface area contributed by atoms with Crippen LogP contribution in [0.25, 0.3) is 0 Å². The normalized spacial score (nSPS) is 11.5. The molecule has 2 aromatic rings. The lowest BCUT2D eigenvalue weighted by atomic mass is 10.0. The highest BCUT2D eigenvalue weighted by Gasteiger charge is 2.10. The average Bonchev–Trinajstić information content (AvgIpc) is 2.40. The molecule has 3 heteroatoms. The Labute approximate surface area is 99.9 Å². The first-order chi connectivity index (χ1) is 8.40. The van der Waals surface area contributed by atoms with Gasteiger partial charge in [-0.2, -0.15) is 4.99 Å². The molecule has 0 aliphatic rings. The van der Waals surface area contributed by atoms with E-state index in [2.05, 4.69) is 9.98 Å². The number of rotatable bonds is 4. The van der Waals surface area contributed by atoms with Gasteiger partial charge in [-0.25, -0.2) is 4.79 Å². The third kappa shape index (κ3) is 3.10. The van der Waals surface area contributed by atoms with E-state index in [9.17, 15) is 4.79 Å². The fraction of sp³-hybridized carbons (Fsp3) is 0.143. The first-order valence-corrected chi connectivity index (χ1v) is 5.41. The lowest BCUT2D eigenvalue weighted by Gasteiger charge is -2.10. The standard InChI is InChI=1S/C14H12N2O/c17-11-16-14(13-4-2-1-3-5-13)10-12-6-8-15-9-7-12/h1-9,14H,10H2. The fourth-order valence-corrected chi connectivity index (χ4v) is 1.72. The van der Waals surface area contributed by atoms with E-state index in [0.717, 1.165) is 11.1 Å². The van der Waals surface area contributed by atoms with E-state index in [1.165, 1.54) is 0 Å². The Kier molecular flexibility index (Phi) is 3.79. The molecule has 0 N–H and O–H groups in total. The molecule has 2 rings (SSSR count). The van der Waals surface area contributed by atoms with Crippen LogP contribution in [0.2, 0.25) is 0 Å². The summed E-state index contributed by atoms with van der Waals surface area (Å²) in [5.74, 6) is 0. The van der Waals surface area contributed by atoms with E-state index in [-0.39, 0.29) is 6.04 Å². The third-order valence-corrected chi connectivity index (χ3v) is 2.57. The number of isocyanates is 1. The van der Waals surface area contributed by atoms with Crippen LogP contribution in [-0.4, -0.2) is 11.1 Å². The molecule has 0 saturated heterocycles. The summed E-state index contributed by atoms with van der Waals surface area (Å²) in [6, 6.07) is 13.4.